The Morgan fingerprint density at radius 1 is 1.67 bits per heavy atom. The summed E-state index contributed by atoms with van der Waals surface area (Å²) < 4.78 is 5.43. The third-order valence-electron chi connectivity index (χ3n) is 1.87. The summed E-state index contributed by atoms with van der Waals surface area (Å²) in [5.74, 6) is 1.71. The molecule has 1 rings (SSSR count). The molecule has 0 fully saturated rings. The average molecular weight is 165 g/mol. The van der Waals surface area contributed by atoms with E-state index < -0.39 is 5.54 Å². The van der Waals surface area contributed by atoms with Gasteiger partial charge in [-0.15, -0.1) is 6.58 Å². The van der Waals surface area contributed by atoms with Gasteiger partial charge in [-0.1, -0.05) is 6.08 Å². The molecule has 2 N–H and O–H groups in total. The lowest BCUT2D eigenvalue weighted by Crippen LogP contribution is -2.31. The van der Waals surface area contributed by atoms with Crippen LogP contribution in [0.15, 0.2) is 29.2 Å². The number of furan rings is 1. The van der Waals surface area contributed by atoms with Gasteiger partial charge in [-0.05, 0) is 32.4 Å². The summed E-state index contributed by atoms with van der Waals surface area (Å²) in [6, 6.07) is 3.84. The van der Waals surface area contributed by atoms with E-state index in [1.165, 1.54) is 0 Å². The van der Waals surface area contributed by atoms with Gasteiger partial charge in [0.05, 0.1) is 5.54 Å². The van der Waals surface area contributed by atoms with Crippen molar-refractivity contribution in [2.45, 2.75) is 25.8 Å². The molecule has 0 amide bonds. The summed E-state index contributed by atoms with van der Waals surface area (Å²) in [6.45, 7) is 7.50. The first kappa shape index (κ1) is 9.07. The van der Waals surface area contributed by atoms with Crippen molar-refractivity contribution in [3.05, 3.63) is 36.3 Å². The highest BCUT2D eigenvalue weighted by molar-refractivity contribution is 5.15. The smallest absolute Gasteiger partial charge is 0.124 e. The minimum atomic E-state index is -0.421. The molecule has 2 nitrogen and oxygen atoms in total. The molecule has 0 aromatic carbocycles. The fraction of sp³-hybridized carbons (Fsp3) is 0.400. The second kappa shape index (κ2) is 3.15. The molecule has 0 aliphatic rings. The zero-order valence-electron chi connectivity index (χ0n) is 7.63. The lowest BCUT2D eigenvalue weighted by molar-refractivity contribution is 0.361. The Kier molecular flexibility index (Phi) is 2.38. The quantitative estimate of drug-likeness (QED) is 0.698. The van der Waals surface area contributed by atoms with Gasteiger partial charge in [-0.3, -0.25) is 0 Å². The summed E-state index contributed by atoms with van der Waals surface area (Å²) >= 11 is 0. The Hall–Kier alpha value is -1.02. The second-order valence-electron chi connectivity index (χ2n) is 3.32. The molecule has 1 aromatic heterocycles. The van der Waals surface area contributed by atoms with Crippen LogP contribution >= 0.6 is 0 Å². The van der Waals surface area contributed by atoms with Crippen LogP contribution in [0.3, 0.4) is 0 Å². The van der Waals surface area contributed by atoms with Crippen LogP contribution in [-0.2, 0) is 5.54 Å². The average Bonchev–Trinajstić information content (AvgIpc) is 2.36. The van der Waals surface area contributed by atoms with Gasteiger partial charge in [0, 0.05) is 0 Å². The molecule has 1 atom stereocenters. The van der Waals surface area contributed by atoms with Gasteiger partial charge in [0.2, 0.25) is 0 Å². The fourth-order valence-corrected chi connectivity index (χ4v) is 1.14. The van der Waals surface area contributed by atoms with E-state index in [2.05, 4.69) is 6.58 Å². The lowest BCUT2D eigenvalue weighted by Gasteiger charge is -2.19. The van der Waals surface area contributed by atoms with Gasteiger partial charge in [-0.2, -0.15) is 0 Å². The summed E-state index contributed by atoms with van der Waals surface area (Å²) in [5.41, 5.74) is 5.58. The van der Waals surface area contributed by atoms with Crippen molar-refractivity contribution in [1.82, 2.24) is 0 Å². The molecular formula is C10H15NO. The Balaban J connectivity index is 2.88. The normalized spacial score (nSPS) is 15.6. The van der Waals surface area contributed by atoms with Crippen molar-refractivity contribution in [1.29, 1.82) is 0 Å². The zero-order chi connectivity index (χ0) is 9.19. The standard InChI is InChI=1S/C10H15NO/c1-4-7-10(3,11)9-6-5-8(2)12-9/h4-6H,1,7,11H2,2-3H3. The van der Waals surface area contributed by atoms with Crippen molar-refractivity contribution in [3.8, 4) is 0 Å². The predicted molar refractivity (Wildman–Crippen MR) is 49.8 cm³/mol. The van der Waals surface area contributed by atoms with Crippen LogP contribution in [-0.4, -0.2) is 0 Å². The molecule has 0 radical (unpaired) electrons. The van der Waals surface area contributed by atoms with E-state index in [-0.39, 0.29) is 0 Å². The number of hydrogen-bond acceptors (Lipinski definition) is 2. The first-order valence-electron chi connectivity index (χ1n) is 4.03. The molecule has 12 heavy (non-hydrogen) atoms. The first-order valence-corrected chi connectivity index (χ1v) is 4.03. The van der Waals surface area contributed by atoms with Crippen molar-refractivity contribution in [3.63, 3.8) is 0 Å². The van der Waals surface area contributed by atoms with E-state index >= 15 is 0 Å². The van der Waals surface area contributed by atoms with Crippen LogP contribution in [0.25, 0.3) is 0 Å². The number of hydrogen-bond donors (Lipinski definition) is 1. The van der Waals surface area contributed by atoms with E-state index in [1.54, 1.807) is 6.08 Å². The van der Waals surface area contributed by atoms with Gasteiger partial charge in [-0.25, -0.2) is 0 Å². The number of nitrogens with two attached hydrogens (primary N) is 1. The Labute approximate surface area is 73.1 Å². The SMILES string of the molecule is C=CCC(C)(N)c1ccc(C)o1. The molecule has 1 aromatic rings. The molecule has 0 bridgehead atoms. The van der Waals surface area contributed by atoms with Gasteiger partial charge < -0.3 is 10.2 Å². The monoisotopic (exact) mass is 165 g/mol. The van der Waals surface area contributed by atoms with Crippen LogP contribution in [0.4, 0.5) is 0 Å². The van der Waals surface area contributed by atoms with E-state index in [9.17, 15) is 0 Å². The Morgan fingerprint density at radius 2 is 2.33 bits per heavy atom. The van der Waals surface area contributed by atoms with Gasteiger partial charge in [0.15, 0.2) is 0 Å². The van der Waals surface area contributed by atoms with Crippen LogP contribution in [0.5, 0.6) is 0 Å². The highest BCUT2D eigenvalue weighted by Gasteiger charge is 2.22. The van der Waals surface area contributed by atoms with Crippen LogP contribution in [0.1, 0.15) is 24.9 Å². The molecule has 0 saturated heterocycles. The molecule has 1 unspecified atom stereocenters. The highest BCUT2D eigenvalue weighted by Crippen LogP contribution is 2.23. The summed E-state index contributed by atoms with van der Waals surface area (Å²) in [6.07, 6.45) is 2.53. The van der Waals surface area contributed by atoms with E-state index in [0.717, 1.165) is 17.9 Å². The maximum absolute atomic E-state index is 6.00. The molecular weight excluding hydrogens is 150 g/mol. The molecule has 0 aliphatic heterocycles. The topological polar surface area (TPSA) is 39.2 Å². The molecule has 0 saturated carbocycles. The number of rotatable bonds is 3. The van der Waals surface area contributed by atoms with Gasteiger partial charge in [0.25, 0.3) is 0 Å². The van der Waals surface area contributed by atoms with Crippen molar-refractivity contribution >= 4 is 0 Å². The fourth-order valence-electron chi connectivity index (χ4n) is 1.14. The van der Waals surface area contributed by atoms with Crippen molar-refractivity contribution in [2.75, 3.05) is 0 Å². The summed E-state index contributed by atoms with van der Waals surface area (Å²) in [7, 11) is 0. The molecule has 0 spiro atoms. The van der Waals surface area contributed by atoms with E-state index in [4.69, 9.17) is 10.2 Å². The van der Waals surface area contributed by atoms with Crippen LogP contribution < -0.4 is 5.73 Å². The van der Waals surface area contributed by atoms with Crippen molar-refractivity contribution < 1.29 is 4.42 Å². The molecule has 2 heteroatoms. The highest BCUT2D eigenvalue weighted by atomic mass is 16.3. The third-order valence-corrected chi connectivity index (χ3v) is 1.87. The van der Waals surface area contributed by atoms with E-state index in [0.29, 0.717) is 0 Å². The van der Waals surface area contributed by atoms with Gasteiger partial charge in [0.1, 0.15) is 11.5 Å². The first-order chi connectivity index (χ1) is 5.56. The maximum Gasteiger partial charge on any atom is 0.124 e. The third kappa shape index (κ3) is 1.77. The summed E-state index contributed by atoms with van der Waals surface area (Å²) in [5, 5.41) is 0. The predicted octanol–water partition coefficient (Wildman–Crippen LogP) is 2.34. The van der Waals surface area contributed by atoms with Crippen molar-refractivity contribution in [2.24, 2.45) is 5.73 Å². The maximum atomic E-state index is 6.00. The molecule has 66 valence electrons. The lowest BCUT2D eigenvalue weighted by atomic mass is 9.96. The number of aryl methyl sites for hydroxylation is 1. The summed E-state index contributed by atoms with van der Waals surface area (Å²) in [4.78, 5) is 0. The van der Waals surface area contributed by atoms with Gasteiger partial charge >= 0.3 is 0 Å². The minimum Gasteiger partial charge on any atom is -0.464 e. The van der Waals surface area contributed by atoms with Crippen LogP contribution in [0.2, 0.25) is 0 Å². The largest absolute Gasteiger partial charge is 0.464 e. The Bertz CT molecular complexity index is 273. The Morgan fingerprint density at radius 3 is 2.75 bits per heavy atom. The van der Waals surface area contributed by atoms with Crippen LogP contribution in [0, 0.1) is 6.92 Å². The minimum absolute atomic E-state index is 0.421. The molecule has 1 heterocycles. The zero-order valence-corrected chi connectivity index (χ0v) is 7.63. The molecule has 0 aliphatic carbocycles. The van der Waals surface area contributed by atoms with E-state index in [1.807, 2.05) is 26.0 Å². The second-order valence-corrected chi connectivity index (χ2v) is 3.32.